The van der Waals surface area contributed by atoms with Crippen LogP contribution in [0.2, 0.25) is 0 Å². The number of carbonyl (C=O) groups excluding carboxylic acids is 1. The molecule has 0 heterocycles. The number of para-hydroxylation sites is 1. The minimum atomic E-state index is -0.307. The SMILES string of the molecule is CCCCOc1ccccc1/C=N\NC(=O)[C@H]1CC1(c1cccc(C)c1)c1cccc(C)c1. The van der Waals surface area contributed by atoms with E-state index < -0.39 is 0 Å². The quantitative estimate of drug-likeness (QED) is 0.254. The third kappa shape index (κ3) is 5.00. The Morgan fingerprint density at radius 1 is 1.03 bits per heavy atom. The number of hydrogen-bond donors (Lipinski definition) is 1. The first-order valence-electron chi connectivity index (χ1n) is 11.7. The van der Waals surface area contributed by atoms with Gasteiger partial charge in [-0.2, -0.15) is 5.10 Å². The normalized spacial score (nSPS) is 16.5. The van der Waals surface area contributed by atoms with Gasteiger partial charge in [0, 0.05) is 11.0 Å². The van der Waals surface area contributed by atoms with Gasteiger partial charge in [-0.3, -0.25) is 4.79 Å². The van der Waals surface area contributed by atoms with E-state index in [1.807, 2.05) is 24.3 Å². The van der Waals surface area contributed by atoms with Crippen LogP contribution in [-0.4, -0.2) is 18.7 Å². The number of hydrazone groups is 1. The summed E-state index contributed by atoms with van der Waals surface area (Å²) >= 11 is 0. The van der Waals surface area contributed by atoms with Crippen LogP contribution in [0.5, 0.6) is 5.75 Å². The maximum Gasteiger partial charge on any atom is 0.244 e. The van der Waals surface area contributed by atoms with Crippen LogP contribution in [0.1, 0.15) is 54.0 Å². The molecule has 4 nitrogen and oxygen atoms in total. The van der Waals surface area contributed by atoms with Gasteiger partial charge in [0.1, 0.15) is 5.75 Å². The van der Waals surface area contributed by atoms with E-state index >= 15 is 0 Å². The number of ether oxygens (including phenoxy) is 1. The number of carbonyl (C=O) groups is 1. The highest BCUT2D eigenvalue weighted by Gasteiger charge is 2.60. The summed E-state index contributed by atoms with van der Waals surface area (Å²) in [5, 5.41) is 4.28. The molecule has 1 atom stereocenters. The standard InChI is InChI=1S/C29H32N2O2/c1-4-5-16-33-27-15-7-6-12-23(27)20-30-31-28(32)26-19-29(26,24-13-8-10-21(2)17-24)25-14-9-11-22(3)18-25/h6-15,17-18,20,26H,4-5,16,19H2,1-3H3,(H,31,32)/b30-20-/t26-/m1/s1. The molecule has 0 radical (unpaired) electrons. The summed E-state index contributed by atoms with van der Waals surface area (Å²) in [5.41, 5.74) is 8.10. The molecule has 3 aromatic rings. The number of amides is 1. The fourth-order valence-corrected chi connectivity index (χ4v) is 4.52. The Bertz CT molecular complexity index is 1110. The molecule has 170 valence electrons. The monoisotopic (exact) mass is 440 g/mol. The largest absolute Gasteiger partial charge is 0.493 e. The highest BCUT2D eigenvalue weighted by molar-refractivity contribution is 5.88. The Morgan fingerprint density at radius 3 is 2.33 bits per heavy atom. The van der Waals surface area contributed by atoms with Crippen molar-refractivity contribution in [2.75, 3.05) is 6.61 Å². The molecule has 0 spiro atoms. The molecule has 0 unspecified atom stereocenters. The summed E-state index contributed by atoms with van der Waals surface area (Å²) in [6.45, 7) is 6.99. The van der Waals surface area contributed by atoms with Gasteiger partial charge >= 0.3 is 0 Å². The lowest BCUT2D eigenvalue weighted by Gasteiger charge is -2.20. The molecule has 0 aromatic heterocycles. The van der Waals surface area contributed by atoms with Crippen molar-refractivity contribution < 1.29 is 9.53 Å². The summed E-state index contributed by atoms with van der Waals surface area (Å²) < 4.78 is 5.86. The van der Waals surface area contributed by atoms with Crippen LogP contribution in [0.3, 0.4) is 0 Å². The van der Waals surface area contributed by atoms with Gasteiger partial charge in [-0.05, 0) is 49.9 Å². The third-order valence-corrected chi connectivity index (χ3v) is 6.40. The number of benzene rings is 3. The van der Waals surface area contributed by atoms with Crippen LogP contribution >= 0.6 is 0 Å². The lowest BCUT2D eigenvalue weighted by atomic mass is 9.84. The maximum absolute atomic E-state index is 13.2. The molecule has 33 heavy (non-hydrogen) atoms. The fraction of sp³-hybridized carbons (Fsp3) is 0.310. The van der Waals surface area contributed by atoms with E-state index in [1.165, 1.54) is 22.3 Å². The number of unbranched alkanes of at least 4 members (excludes halogenated alkanes) is 1. The Hall–Kier alpha value is -3.40. The topological polar surface area (TPSA) is 50.7 Å². The zero-order valence-electron chi connectivity index (χ0n) is 19.7. The van der Waals surface area contributed by atoms with E-state index in [1.54, 1.807) is 6.21 Å². The Morgan fingerprint density at radius 2 is 1.70 bits per heavy atom. The molecule has 1 aliphatic carbocycles. The summed E-state index contributed by atoms with van der Waals surface area (Å²) in [4.78, 5) is 13.2. The molecular weight excluding hydrogens is 408 g/mol. The van der Waals surface area contributed by atoms with Gasteiger partial charge in [0.05, 0.1) is 18.7 Å². The van der Waals surface area contributed by atoms with Gasteiger partial charge in [-0.25, -0.2) is 5.43 Å². The minimum absolute atomic E-state index is 0.0568. The number of aryl methyl sites for hydroxylation is 2. The van der Waals surface area contributed by atoms with Gasteiger partial charge in [0.25, 0.3) is 0 Å². The number of rotatable bonds is 9. The number of hydrogen-bond acceptors (Lipinski definition) is 3. The summed E-state index contributed by atoms with van der Waals surface area (Å²) in [6.07, 6.45) is 4.53. The van der Waals surface area contributed by atoms with E-state index in [0.717, 1.165) is 30.6 Å². The first-order chi connectivity index (χ1) is 16.0. The molecular formula is C29H32N2O2. The van der Waals surface area contributed by atoms with E-state index in [2.05, 4.69) is 79.8 Å². The van der Waals surface area contributed by atoms with Crippen molar-refractivity contribution in [3.8, 4) is 5.75 Å². The minimum Gasteiger partial charge on any atom is -0.493 e. The smallest absolute Gasteiger partial charge is 0.244 e. The van der Waals surface area contributed by atoms with E-state index in [4.69, 9.17) is 4.74 Å². The predicted octanol–water partition coefficient (Wildman–Crippen LogP) is 5.94. The summed E-state index contributed by atoms with van der Waals surface area (Å²) in [6, 6.07) is 24.8. The van der Waals surface area contributed by atoms with Gasteiger partial charge in [-0.1, -0.05) is 85.1 Å². The average Bonchev–Trinajstić information content (AvgIpc) is 3.57. The van der Waals surface area contributed by atoms with Crippen LogP contribution in [0.4, 0.5) is 0 Å². The zero-order valence-corrected chi connectivity index (χ0v) is 19.7. The van der Waals surface area contributed by atoms with Crippen molar-refractivity contribution in [2.45, 2.75) is 45.4 Å². The van der Waals surface area contributed by atoms with Gasteiger partial charge in [0.2, 0.25) is 5.91 Å². The second-order valence-corrected chi connectivity index (χ2v) is 8.94. The molecule has 3 aromatic carbocycles. The van der Waals surface area contributed by atoms with Crippen molar-refractivity contribution in [1.82, 2.24) is 5.43 Å². The predicted molar refractivity (Wildman–Crippen MR) is 134 cm³/mol. The molecule has 1 saturated carbocycles. The van der Waals surface area contributed by atoms with Crippen LogP contribution in [0, 0.1) is 19.8 Å². The molecule has 1 amide bonds. The molecule has 0 saturated heterocycles. The second kappa shape index (κ2) is 10.0. The zero-order chi connectivity index (χ0) is 23.3. The Balaban J connectivity index is 1.52. The van der Waals surface area contributed by atoms with Crippen LogP contribution in [-0.2, 0) is 10.2 Å². The molecule has 1 N–H and O–H groups in total. The summed E-state index contributed by atoms with van der Waals surface area (Å²) in [7, 11) is 0. The van der Waals surface area contributed by atoms with Crippen LogP contribution in [0.15, 0.2) is 77.9 Å². The number of nitrogens with one attached hydrogen (secondary N) is 1. The molecule has 0 bridgehead atoms. The number of nitrogens with zero attached hydrogens (tertiary/aromatic N) is 1. The first kappa shape index (κ1) is 22.8. The van der Waals surface area contributed by atoms with Gasteiger partial charge in [0.15, 0.2) is 0 Å². The van der Waals surface area contributed by atoms with Gasteiger partial charge < -0.3 is 4.74 Å². The van der Waals surface area contributed by atoms with E-state index in [0.29, 0.717) is 6.61 Å². The average molecular weight is 441 g/mol. The van der Waals surface area contributed by atoms with Crippen molar-refractivity contribution in [3.63, 3.8) is 0 Å². The van der Waals surface area contributed by atoms with Crippen molar-refractivity contribution >= 4 is 12.1 Å². The van der Waals surface area contributed by atoms with E-state index in [9.17, 15) is 4.79 Å². The summed E-state index contributed by atoms with van der Waals surface area (Å²) in [5.74, 6) is 0.567. The molecule has 1 fully saturated rings. The van der Waals surface area contributed by atoms with Gasteiger partial charge in [-0.15, -0.1) is 0 Å². The van der Waals surface area contributed by atoms with Crippen molar-refractivity contribution in [1.29, 1.82) is 0 Å². The third-order valence-electron chi connectivity index (χ3n) is 6.40. The highest BCUT2D eigenvalue weighted by Crippen LogP contribution is 2.59. The second-order valence-electron chi connectivity index (χ2n) is 8.94. The van der Waals surface area contributed by atoms with E-state index in [-0.39, 0.29) is 17.2 Å². The molecule has 4 heteroatoms. The lowest BCUT2D eigenvalue weighted by molar-refractivity contribution is -0.122. The Labute approximate surface area is 196 Å². The molecule has 0 aliphatic heterocycles. The first-order valence-corrected chi connectivity index (χ1v) is 11.7. The van der Waals surface area contributed by atoms with Crippen molar-refractivity contribution in [2.24, 2.45) is 11.0 Å². The highest BCUT2D eigenvalue weighted by atomic mass is 16.5. The lowest BCUT2D eigenvalue weighted by Crippen LogP contribution is -2.25. The fourth-order valence-electron chi connectivity index (χ4n) is 4.52. The molecule has 4 rings (SSSR count). The molecule has 1 aliphatic rings. The van der Waals surface area contributed by atoms with Crippen LogP contribution < -0.4 is 10.2 Å². The maximum atomic E-state index is 13.2. The Kier molecular flexibility index (Phi) is 6.93. The van der Waals surface area contributed by atoms with Crippen molar-refractivity contribution in [3.05, 3.63) is 101 Å². The van der Waals surface area contributed by atoms with Crippen LogP contribution in [0.25, 0.3) is 0 Å².